The Labute approximate surface area is 117 Å². The van der Waals surface area contributed by atoms with Gasteiger partial charge in [0, 0.05) is 5.56 Å². The summed E-state index contributed by atoms with van der Waals surface area (Å²) >= 11 is 0. The smallest absolute Gasteiger partial charge is 0.294 e. The van der Waals surface area contributed by atoms with Crippen molar-refractivity contribution in [3.05, 3.63) is 53.6 Å². The van der Waals surface area contributed by atoms with E-state index < -0.39 is 10.1 Å². The molecule has 0 heterocycles. The van der Waals surface area contributed by atoms with Gasteiger partial charge in [0.05, 0.1) is 4.90 Å². The van der Waals surface area contributed by atoms with E-state index in [4.69, 9.17) is 4.55 Å². The minimum Gasteiger partial charge on any atom is -0.295 e. The highest BCUT2D eigenvalue weighted by Gasteiger charge is 2.13. The highest BCUT2D eigenvalue weighted by atomic mass is 32.2. The van der Waals surface area contributed by atoms with Crippen LogP contribution in [0.4, 0.5) is 0 Å². The summed E-state index contributed by atoms with van der Waals surface area (Å²) < 4.78 is 31.5. The van der Waals surface area contributed by atoms with Gasteiger partial charge in [0.15, 0.2) is 5.78 Å². The molecule has 0 aliphatic heterocycles. The molecule has 1 N–H and O–H groups in total. The van der Waals surface area contributed by atoms with E-state index in [9.17, 15) is 13.2 Å². The Morgan fingerprint density at radius 1 is 1.10 bits per heavy atom. The monoisotopic (exact) mass is 290 g/mol. The summed E-state index contributed by atoms with van der Waals surface area (Å²) in [5.41, 5.74) is 2.82. The van der Waals surface area contributed by atoms with Crippen LogP contribution in [0.2, 0.25) is 0 Å². The van der Waals surface area contributed by atoms with E-state index in [2.05, 4.69) is 0 Å². The van der Waals surface area contributed by atoms with Gasteiger partial charge < -0.3 is 0 Å². The van der Waals surface area contributed by atoms with Gasteiger partial charge in [-0.15, -0.1) is 0 Å². The lowest BCUT2D eigenvalue weighted by Crippen LogP contribution is -1.99. The minimum atomic E-state index is -4.24. The fourth-order valence-corrected chi connectivity index (χ4v) is 2.49. The molecule has 0 aromatic heterocycles. The Bertz CT molecular complexity index is 776. The quantitative estimate of drug-likeness (QED) is 0.696. The molecule has 0 aliphatic rings. The molecule has 2 aromatic carbocycles. The average molecular weight is 290 g/mol. The summed E-state index contributed by atoms with van der Waals surface area (Å²) in [4.78, 5) is 11.2. The third-order valence-corrected chi connectivity index (χ3v) is 3.94. The van der Waals surface area contributed by atoms with Crippen molar-refractivity contribution in [3.8, 4) is 11.1 Å². The Morgan fingerprint density at radius 3 is 2.40 bits per heavy atom. The highest BCUT2D eigenvalue weighted by Crippen LogP contribution is 2.27. The van der Waals surface area contributed by atoms with E-state index in [0.29, 0.717) is 11.1 Å². The number of benzene rings is 2. The van der Waals surface area contributed by atoms with Crippen LogP contribution in [0.1, 0.15) is 22.8 Å². The molecule has 4 nitrogen and oxygen atoms in total. The maximum absolute atomic E-state index is 11.4. The first-order chi connectivity index (χ1) is 9.29. The van der Waals surface area contributed by atoms with Crippen molar-refractivity contribution in [2.24, 2.45) is 0 Å². The van der Waals surface area contributed by atoms with Gasteiger partial charge in [-0.1, -0.05) is 24.3 Å². The number of Topliss-reactive ketones (excluding diaryl/α,β-unsaturated/α-hetero) is 1. The molecular weight excluding hydrogens is 276 g/mol. The standard InChI is InChI=1S/C15H14O4S/c1-10-6-7-14(20(17,18)19)9-15(10)13-5-3-4-12(8-13)11(2)16/h3-9H,1-2H3,(H,17,18,19). The van der Waals surface area contributed by atoms with Crippen molar-refractivity contribution < 1.29 is 17.8 Å². The van der Waals surface area contributed by atoms with Crippen LogP contribution < -0.4 is 0 Å². The zero-order valence-electron chi connectivity index (χ0n) is 11.1. The van der Waals surface area contributed by atoms with Crippen LogP contribution in [-0.2, 0) is 10.1 Å². The number of hydrogen-bond acceptors (Lipinski definition) is 3. The summed E-state index contributed by atoms with van der Waals surface area (Å²) in [7, 11) is -4.24. The molecular formula is C15H14O4S. The summed E-state index contributed by atoms with van der Waals surface area (Å²) in [6.07, 6.45) is 0. The largest absolute Gasteiger partial charge is 0.295 e. The van der Waals surface area contributed by atoms with E-state index in [1.165, 1.54) is 19.1 Å². The number of ketones is 1. The van der Waals surface area contributed by atoms with Crippen LogP contribution in [0.3, 0.4) is 0 Å². The second-order valence-corrected chi connectivity index (χ2v) is 6.01. The molecule has 104 valence electrons. The number of carbonyl (C=O) groups is 1. The molecule has 2 aromatic rings. The second kappa shape index (κ2) is 5.19. The van der Waals surface area contributed by atoms with Gasteiger partial charge in [-0.3, -0.25) is 9.35 Å². The second-order valence-electron chi connectivity index (χ2n) is 4.59. The maximum Gasteiger partial charge on any atom is 0.294 e. The fourth-order valence-electron chi connectivity index (χ4n) is 1.98. The molecule has 0 amide bonds. The number of carbonyl (C=O) groups excluding carboxylic acids is 1. The first kappa shape index (κ1) is 14.4. The predicted octanol–water partition coefficient (Wildman–Crippen LogP) is 3.11. The Kier molecular flexibility index (Phi) is 3.74. The van der Waals surface area contributed by atoms with Crippen molar-refractivity contribution >= 4 is 15.9 Å². The summed E-state index contributed by atoms with van der Waals surface area (Å²) in [5.74, 6) is -0.0598. The van der Waals surface area contributed by atoms with E-state index in [1.54, 1.807) is 30.3 Å². The van der Waals surface area contributed by atoms with Crippen LogP contribution in [0.15, 0.2) is 47.4 Å². The normalized spacial score (nSPS) is 11.3. The van der Waals surface area contributed by atoms with Crippen LogP contribution in [0.25, 0.3) is 11.1 Å². The van der Waals surface area contributed by atoms with Gasteiger partial charge in [-0.25, -0.2) is 0 Å². The number of aryl methyl sites for hydroxylation is 1. The number of hydrogen-bond donors (Lipinski definition) is 1. The van der Waals surface area contributed by atoms with E-state index in [-0.39, 0.29) is 10.7 Å². The topological polar surface area (TPSA) is 71.4 Å². The zero-order valence-corrected chi connectivity index (χ0v) is 11.9. The Hall–Kier alpha value is -1.98. The first-order valence-electron chi connectivity index (χ1n) is 5.98. The van der Waals surface area contributed by atoms with Gasteiger partial charge in [-0.05, 0) is 48.7 Å². The molecule has 0 radical (unpaired) electrons. The van der Waals surface area contributed by atoms with Crippen molar-refractivity contribution in [1.82, 2.24) is 0 Å². The van der Waals surface area contributed by atoms with Crippen molar-refractivity contribution in [3.63, 3.8) is 0 Å². The predicted molar refractivity (Wildman–Crippen MR) is 76.4 cm³/mol. The van der Waals surface area contributed by atoms with Gasteiger partial charge in [-0.2, -0.15) is 8.42 Å². The third kappa shape index (κ3) is 2.95. The zero-order chi connectivity index (χ0) is 14.9. The SMILES string of the molecule is CC(=O)c1cccc(-c2cc(S(=O)(=O)O)ccc2C)c1. The molecule has 0 saturated heterocycles. The van der Waals surface area contributed by atoms with Crippen molar-refractivity contribution in [1.29, 1.82) is 0 Å². The lowest BCUT2D eigenvalue weighted by Gasteiger charge is -2.09. The third-order valence-electron chi connectivity index (χ3n) is 3.09. The van der Waals surface area contributed by atoms with Gasteiger partial charge in [0.25, 0.3) is 10.1 Å². The van der Waals surface area contributed by atoms with Gasteiger partial charge in [0.1, 0.15) is 0 Å². The summed E-state index contributed by atoms with van der Waals surface area (Å²) in [6, 6.07) is 11.3. The molecule has 0 aliphatic carbocycles. The minimum absolute atomic E-state index is 0.0598. The van der Waals surface area contributed by atoms with Crippen LogP contribution in [0.5, 0.6) is 0 Å². The lowest BCUT2D eigenvalue weighted by molar-refractivity contribution is 0.101. The van der Waals surface area contributed by atoms with Crippen LogP contribution in [-0.4, -0.2) is 18.8 Å². The van der Waals surface area contributed by atoms with E-state index in [0.717, 1.165) is 11.1 Å². The fraction of sp³-hybridized carbons (Fsp3) is 0.133. The molecule has 0 saturated carbocycles. The molecule has 0 spiro atoms. The molecule has 0 unspecified atom stereocenters. The van der Waals surface area contributed by atoms with Gasteiger partial charge >= 0.3 is 0 Å². The molecule has 0 fully saturated rings. The van der Waals surface area contributed by atoms with Gasteiger partial charge in [0.2, 0.25) is 0 Å². The Balaban J connectivity index is 2.63. The molecule has 20 heavy (non-hydrogen) atoms. The maximum atomic E-state index is 11.4. The van der Waals surface area contributed by atoms with Crippen LogP contribution in [0, 0.1) is 6.92 Å². The summed E-state index contributed by atoms with van der Waals surface area (Å²) in [5, 5.41) is 0. The molecule has 2 rings (SSSR count). The molecule has 0 atom stereocenters. The lowest BCUT2D eigenvalue weighted by atomic mass is 9.98. The average Bonchev–Trinajstić information content (AvgIpc) is 2.38. The Morgan fingerprint density at radius 2 is 1.80 bits per heavy atom. The molecule has 0 bridgehead atoms. The van der Waals surface area contributed by atoms with Crippen molar-refractivity contribution in [2.75, 3.05) is 0 Å². The number of rotatable bonds is 3. The summed E-state index contributed by atoms with van der Waals surface area (Å²) in [6.45, 7) is 3.31. The van der Waals surface area contributed by atoms with Crippen molar-refractivity contribution in [2.45, 2.75) is 18.7 Å². The molecule has 5 heteroatoms. The van der Waals surface area contributed by atoms with Crippen LogP contribution >= 0.6 is 0 Å². The highest BCUT2D eigenvalue weighted by molar-refractivity contribution is 7.85. The van der Waals surface area contributed by atoms with E-state index >= 15 is 0 Å². The van der Waals surface area contributed by atoms with E-state index in [1.807, 2.05) is 6.92 Å². The first-order valence-corrected chi connectivity index (χ1v) is 7.42.